The van der Waals surface area contributed by atoms with Gasteiger partial charge in [-0.3, -0.25) is 0 Å². The predicted octanol–water partition coefficient (Wildman–Crippen LogP) is 3.26. The highest BCUT2D eigenvalue weighted by molar-refractivity contribution is 4.76. The molecule has 0 spiro atoms. The van der Waals surface area contributed by atoms with Gasteiger partial charge in [0.05, 0.1) is 18.8 Å². The quantitative estimate of drug-likeness (QED) is 0.705. The lowest BCUT2D eigenvalue weighted by molar-refractivity contribution is -0.00670. The highest BCUT2D eigenvalue weighted by Crippen LogP contribution is 2.25. The Bertz CT molecular complexity index is 245. The third-order valence-electron chi connectivity index (χ3n) is 5.11. The third kappa shape index (κ3) is 5.71. The molecule has 2 rings (SSSR count). The fourth-order valence-corrected chi connectivity index (χ4v) is 3.66. The minimum absolute atomic E-state index is 0.358. The molecule has 1 unspecified atom stereocenters. The summed E-state index contributed by atoms with van der Waals surface area (Å²) in [6.07, 6.45) is 13.3. The van der Waals surface area contributed by atoms with Gasteiger partial charge in [-0.25, -0.2) is 0 Å². The highest BCUT2D eigenvalue weighted by atomic mass is 16.5. The van der Waals surface area contributed by atoms with Gasteiger partial charge in [-0.2, -0.15) is 0 Å². The number of aliphatic hydroxyl groups is 1. The van der Waals surface area contributed by atoms with Gasteiger partial charge in [0.2, 0.25) is 0 Å². The number of hydrogen-bond acceptors (Lipinski definition) is 3. The van der Waals surface area contributed by atoms with E-state index < -0.39 is 0 Å². The van der Waals surface area contributed by atoms with Gasteiger partial charge < -0.3 is 15.2 Å². The Labute approximate surface area is 124 Å². The molecule has 118 valence electrons. The average Bonchev–Trinajstić information content (AvgIpc) is 2.83. The van der Waals surface area contributed by atoms with Crippen molar-refractivity contribution in [1.29, 1.82) is 0 Å². The molecule has 0 aromatic carbocycles. The Morgan fingerprint density at radius 2 is 1.60 bits per heavy atom. The van der Waals surface area contributed by atoms with Gasteiger partial charge in [0.25, 0.3) is 0 Å². The molecule has 0 heterocycles. The van der Waals surface area contributed by atoms with Gasteiger partial charge in [-0.15, -0.1) is 0 Å². The summed E-state index contributed by atoms with van der Waals surface area (Å²) in [5, 5.41) is 13.6. The first-order chi connectivity index (χ1) is 9.75. The zero-order chi connectivity index (χ0) is 14.2. The van der Waals surface area contributed by atoms with E-state index in [9.17, 15) is 5.11 Å². The van der Waals surface area contributed by atoms with Gasteiger partial charge in [-0.05, 0) is 38.5 Å². The molecule has 0 aromatic rings. The normalized spacial score (nSPS) is 25.5. The molecule has 0 aliphatic heterocycles. The molecule has 3 nitrogen and oxygen atoms in total. The second-order valence-corrected chi connectivity index (χ2v) is 6.84. The van der Waals surface area contributed by atoms with Gasteiger partial charge >= 0.3 is 0 Å². The Hall–Kier alpha value is -0.120. The van der Waals surface area contributed by atoms with Crippen LogP contribution in [-0.2, 0) is 4.74 Å². The maximum absolute atomic E-state index is 10.0. The van der Waals surface area contributed by atoms with Crippen molar-refractivity contribution in [1.82, 2.24) is 5.32 Å². The van der Waals surface area contributed by atoms with E-state index in [1.165, 1.54) is 64.2 Å². The SMILES string of the molecule is C[C@H](NCC(O)COC1CCCC1)C1CCCCCC1. The zero-order valence-electron chi connectivity index (χ0n) is 13.2. The average molecular weight is 283 g/mol. The summed E-state index contributed by atoms with van der Waals surface area (Å²) in [5.41, 5.74) is 0. The van der Waals surface area contributed by atoms with E-state index in [1.807, 2.05) is 0 Å². The number of aliphatic hydroxyl groups excluding tert-OH is 1. The molecule has 2 N–H and O–H groups in total. The van der Waals surface area contributed by atoms with Crippen LogP contribution in [-0.4, -0.2) is 36.5 Å². The van der Waals surface area contributed by atoms with Crippen LogP contribution in [0.2, 0.25) is 0 Å². The second-order valence-electron chi connectivity index (χ2n) is 6.84. The number of rotatable bonds is 7. The lowest BCUT2D eigenvalue weighted by Crippen LogP contribution is -2.40. The minimum Gasteiger partial charge on any atom is -0.389 e. The maximum Gasteiger partial charge on any atom is 0.0897 e. The van der Waals surface area contributed by atoms with Crippen LogP contribution in [0.25, 0.3) is 0 Å². The Morgan fingerprint density at radius 1 is 1.00 bits per heavy atom. The summed E-state index contributed by atoms with van der Waals surface area (Å²) < 4.78 is 5.77. The molecule has 3 heteroatoms. The molecule has 2 atom stereocenters. The van der Waals surface area contributed by atoms with Crippen molar-refractivity contribution in [2.75, 3.05) is 13.2 Å². The van der Waals surface area contributed by atoms with E-state index in [0.717, 1.165) is 5.92 Å². The van der Waals surface area contributed by atoms with Crippen LogP contribution in [0.5, 0.6) is 0 Å². The Balaban J connectivity index is 1.57. The van der Waals surface area contributed by atoms with Crippen molar-refractivity contribution >= 4 is 0 Å². The van der Waals surface area contributed by atoms with Gasteiger partial charge in [0, 0.05) is 12.6 Å². The molecule has 20 heavy (non-hydrogen) atoms. The summed E-state index contributed by atoms with van der Waals surface area (Å²) in [6.45, 7) is 3.44. The summed E-state index contributed by atoms with van der Waals surface area (Å²) in [7, 11) is 0. The van der Waals surface area contributed by atoms with Crippen molar-refractivity contribution < 1.29 is 9.84 Å². The third-order valence-corrected chi connectivity index (χ3v) is 5.11. The van der Waals surface area contributed by atoms with Crippen LogP contribution in [0, 0.1) is 5.92 Å². The number of ether oxygens (including phenoxy) is 1. The van der Waals surface area contributed by atoms with Crippen molar-refractivity contribution in [3.05, 3.63) is 0 Å². The van der Waals surface area contributed by atoms with E-state index >= 15 is 0 Å². The minimum atomic E-state index is -0.358. The van der Waals surface area contributed by atoms with Crippen molar-refractivity contribution in [2.45, 2.75) is 89.4 Å². The second kappa shape index (κ2) is 9.01. The summed E-state index contributed by atoms with van der Waals surface area (Å²) in [5.74, 6) is 0.792. The Morgan fingerprint density at radius 3 is 2.25 bits per heavy atom. The molecule has 0 radical (unpaired) electrons. The monoisotopic (exact) mass is 283 g/mol. The summed E-state index contributed by atoms with van der Waals surface area (Å²) >= 11 is 0. The van der Waals surface area contributed by atoms with Crippen LogP contribution in [0.3, 0.4) is 0 Å². The first-order valence-corrected chi connectivity index (χ1v) is 8.78. The van der Waals surface area contributed by atoms with Crippen molar-refractivity contribution in [3.63, 3.8) is 0 Å². The molecule has 0 bridgehead atoms. The molecule has 2 aliphatic rings. The van der Waals surface area contributed by atoms with E-state index in [0.29, 0.717) is 25.3 Å². The molecule has 2 saturated carbocycles. The predicted molar refractivity (Wildman–Crippen MR) is 82.9 cm³/mol. The lowest BCUT2D eigenvalue weighted by atomic mass is 9.93. The molecular weight excluding hydrogens is 250 g/mol. The smallest absolute Gasteiger partial charge is 0.0897 e. The maximum atomic E-state index is 10.0. The van der Waals surface area contributed by atoms with Crippen molar-refractivity contribution in [2.24, 2.45) is 5.92 Å². The zero-order valence-corrected chi connectivity index (χ0v) is 13.2. The number of hydrogen-bond donors (Lipinski definition) is 2. The number of nitrogens with one attached hydrogen (secondary N) is 1. The van der Waals surface area contributed by atoms with Crippen molar-refractivity contribution in [3.8, 4) is 0 Å². The van der Waals surface area contributed by atoms with E-state index in [1.54, 1.807) is 0 Å². The molecule has 0 saturated heterocycles. The molecular formula is C17H33NO2. The standard InChI is InChI=1S/C17H33NO2/c1-14(15-8-4-2-3-5-9-15)18-12-16(19)13-20-17-10-6-7-11-17/h14-19H,2-13H2,1H3/t14-,16?/m0/s1. The fraction of sp³-hybridized carbons (Fsp3) is 1.00. The first-order valence-electron chi connectivity index (χ1n) is 8.78. The van der Waals surface area contributed by atoms with Gasteiger partial charge in [0.1, 0.15) is 0 Å². The van der Waals surface area contributed by atoms with Gasteiger partial charge in [-0.1, -0.05) is 38.5 Å². The highest BCUT2D eigenvalue weighted by Gasteiger charge is 2.20. The topological polar surface area (TPSA) is 41.5 Å². The molecule has 0 amide bonds. The largest absolute Gasteiger partial charge is 0.389 e. The molecule has 0 aromatic heterocycles. The van der Waals surface area contributed by atoms with Gasteiger partial charge in [0.15, 0.2) is 0 Å². The lowest BCUT2D eigenvalue weighted by Gasteiger charge is -2.25. The van der Waals surface area contributed by atoms with Crippen LogP contribution in [0.1, 0.15) is 71.1 Å². The van der Waals surface area contributed by atoms with E-state index in [-0.39, 0.29) is 6.10 Å². The molecule has 2 aliphatic carbocycles. The molecule has 2 fully saturated rings. The van der Waals surface area contributed by atoms with Crippen LogP contribution in [0.4, 0.5) is 0 Å². The first kappa shape index (κ1) is 16.3. The Kier molecular flexibility index (Phi) is 7.32. The van der Waals surface area contributed by atoms with Crippen LogP contribution < -0.4 is 5.32 Å². The van der Waals surface area contributed by atoms with E-state index in [2.05, 4.69) is 12.2 Å². The summed E-state index contributed by atoms with van der Waals surface area (Å²) in [4.78, 5) is 0. The van der Waals surface area contributed by atoms with Crippen LogP contribution in [0.15, 0.2) is 0 Å². The van der Waals surface area contributed by atoms with Crippen LogP contribution >= 0.6 is 0 Å². The van der Waals surface area contributed by atoms with E-state index in [4.69, 9.17) is 4.74 Å². The summed E-state index contributed by atoms with van der Waals surface area (Å²) in [6, 6.07) is 0.522. The fourth-order valence-electron chi connectivity index (χ4n) is 3.66.